The molecule has 5 aromatic rings. The molecule has 1 atom stereocenters. The third-order valence-corrected chi connectivity index (χ3v) is 6.29. The lowest BCUT2D eigenvalue weighted by Crippen LogP contribution is -2.30. The van der Waals surface area contributed by atoms with E-state index in [1.165, 1.54) is 12.4 Å². The Balaban J connectivity index is 1.18. The fourth-order valence-electron chi connectivity index (χ4n) is 3.64. The molecule has 5 rings (SSSR count). The molecule has 1 unspecified atom stereocenters. The Bertz CT molecular complexity index is 1350. The van der Waals surface area contributed by atoms with E-state index < -0.39 is 0 Å². The van der Waals surface area contributed by atoms with Gasteiger partial charge in [0.05, 0.1) is 28.3 Å². The van der Waals surface area contributed by atoms with Crippen LogP contribution in [-0.2, 0) is 19.4 Å². The summed E-state index contributed by atoms with van der Waals surface area (Å²) in [6.45, 7) is 3.17. The smallest absolute Gasteiger partial charge is 0.157 e. The van der Waals surface area contributed by atoms with E-state index >= 15 is 0 Å². The van der Waals surface area contributed by atoms with Crippen molar-refractivity contribution < 1.29 is 4.39 Å². The molecular formula is C23H23FN8S. The second-order valence-corrected chi connectivity index (χ2v) is 8.84. The van der Waals surface area contributed by atoms with Crippen LogP contribution in [0.15, 0.2) is 48.9 Å². The van der Waals surface area contributed by atoms with Gasteiger partial charge in [-0.2, -0.15) is 0 Å². The Morgan fingerprint density at radius 3 is 2.88 bits per heavy atom. The fraction of sp³-hybridized carbons (Fsp3) is 0.261. The van der Waals surface area contributed by atoms with Gasteiger partial charge in [-0.15, -0.1) is 0 Å². The summed E-state index contributed by atoms with van der Waals surface area (Å²) >= 11 is 1.54. The molecule has 0 radical (unpaired) electrons. The summed E-state index contributed by atoms with van der Waals surface area (Å²) < 4.78 is 13.8. The largest absolute Gasteiger partial charge is 0.362 e. The van der Waals surface area contributed by atoms with E-state index in [4.69, 9.17) is 4.98 Å². The van der Waals surface area contributed by atoms with Crippen molar-refractivity contribution in [1.82, 2.24) is 35.2 Å². The summed E-state index contributed by atoms with van der Waals surface area (Å²) in [4.78, 5) is 26.2. The molecule has 0 bridgehead atoms. The van der Waals surface area contributed by atoms with Gasteiger partial charge >= 0.3 is 0 Å². The Hall–Kier alpha value is -3.50. The molecule has 4 aromatic heterocycles. The van der Waals surface area contributed by atoms with Crippen LogP contribution in [0.1, 0.15) is 23.4 Å². The van der Waals surface area contributed by atoms with Crippen LogP contribution in [-0.4, -0.2) is 42.5 Å². The zero-order valence-electron chi connectivity index (χ0n) is 18.0. The number of hydrogen-bond acceptors (Lipinski definition) is 8. The van der Waals surface area contributed by atoms with Gasteiger partial charge < -0.3 is 15.6 Å². The molecule has 0 saturated heterocycles. The zero-order chi connectivity index (χ0) is 22.6. The van der Waals surface area contributed by atoms with Crippen molar-refractivity contribution in [2.75, 3.05) is 11.9 Å². The van der Waals surface area contributed by atoms with Gasteiger partial charge in [-0.3, -0.25) is 4.98 Å². The average molecular weight is 463 g/mol. The topological polar surface area (TPSA) is 104 Å². The summed E-state index contributed by atoms with van der Waals surface area (Å²) in [6.07, 6.45) is 4.66. The summed E-state index contributed by atoms with van der Waals surface area (Å²) in [7, 11) is 0. The first-order valence-electron chi connectivity index (χ1n) is 10.8. The number of para-hydroxylation sites is 2. The van der Waals surface area contributed by atoms with Gasteiger partial charge in [0.2, 0.25) is 0 Å². The first-order valence-corrected chi connectivity index (χ1v) is 11.6. The van der Waals surface area contributed by atoms with Gasteiger partial charge in [-0.25, -0.2) is 24.3 Å². The third-order valence-electron chi connectivity index (χ3n) is 5.27. The molecule has 0 saturated carbocycles. The Labute approximate surface area is 193 Å². The van der Waals surface area contributed by atoms with Crippen molar-refractivity contribution in [2.24, 2.45) is 0 Å². The number of nitrogens with zero attached hydrogens (tertiary/aromatic N) is 5. The van der Waals surface area contributed by atoms with Crippen molar-refractivity contribution in [1.29, 1.82) is 0 Å². The number of benzene rings is 1. The highest BCUT2D eigenvalue weighted by molar-refractivity contribution is 7.18. The van der Waals surface area contributed by atoms with Crippen LogP contribution in [0.4, 0.5) is 10.2 Å². The number of nitrogens with one attached hydrogen (secondary N) is 3. The lowest BCUT2D eigenvalue weighted by Gasteiger charge is -2.11. The summed E-state index contributed by atoms with van der Waals surface area (Å²) in [6, 6.07) is 11.3. The number of aromatic nitrogens is 6. The van der Waals surface area contributed by atoms with Crippen LogP contribution in [0.25, 0.3) is 21.4 Å². The predicted molar refractivity (Wildman–Crippen MR) is 128 cm³/mol. The first-order chi connectivity index (χ1) is 16.2. The van der Waals surface area contributed by atoms with Gasteiger partial charge in [0, 0.05) is 31.6 Å². The van der Waals surface area contributed by atoms with Crippen LogP contribution in [0.3, 0.4) is 0 Å². The van der Waals surface area contributed by atoms with Crippen LogP contribution in [0, 0.1) is 5.82 Å². The Morgan fingerprint density at radius 2 is 2.00 bits per heavy atom. The maximum atomic E-state index is 13.8. The summed E-state index contributed by atoms with van der Waals surface area (Å²) in [5.74, 6) is 1.21. The fourth-order valence-corrected chi connectivity index (χ4v) is 4.54. The number of H-pyrrole nitrogens is 1. The molecule has 0 amide bonds. The van der Waals surface area contributed by atoms with Gasteiger partial charge in [0.25, 0.3) is 0 Å². The number of hydrogen-bond donors (Lipinski definition) is 3. The minimum Gasteiger partial charge on any atom is -0.362 e. The van der Waals surface area contributed by atoms with Crippen LogP contribution < -0.4 is 10.6 Å². The molecule has 168 valence electrons. The molecule has 0 aliphatic carbocycles. The second-order valence-electron chi connectivity index (χ2n) is 7.78. The summed E-state index contributed by atoms with van der Waals surface area (Å²) in [5.41, 5.74) is 3.09. The van der Waals surface area contributed by atoms with Crippen LogP contribution >= 0.6 is 11.3 Å². The van der Waals surface area contributed by atoms with Crippen molar-refractivity contribution in [2.45, 2.75) is 32.4 Å². The Morgan fingerprint density at radius 1 is 1.09 bits per heavy atom. The number of aromatic amines is 1. The number of fused-ring (bicyclic) bond motifs is 2. The van der Waals surface area contributed by atoms with E-state index in [0.29, 0.717) is 17.0 Å². The highest BCUT2D eigenvalue weighted by atomic mass is 32.1. The molecule has 8 nitrogen and oxygen atoms in total. The zero-order valence-corrected chi connectivity index (χ0v) is 18.9. The van der Waals surface area contributed by atoms with Crippen LogP contribution in [0.5, 0.6) is 0 Å². The summed E-state index contributed by atoms with van der Waals surface area (Å²) in [5, 5.41) is 7.65. The van der Waals surface area contributed by atoms with Gasteiger partial charge in [0.15, 0.2) is 5.82 Å². The van der Waals surface area contributed by atoms with Crippen molar-refractivity contribution in [3.63, 3.8) is 0 Å². The number of imidazole rings is 1. The number of pyridine rings is 1. The van der Waals surface area contributed by atoms with Crippen molar-refractivity contribution in [3.05, 3.63) is 71.3 Å². The SMILES string of the molecule is CC(Cc1nc2ccccc2[nH]1)NCCc1nc2c(NCc3ncccc3F)ncnc2s1. The van der Waals surface area contributed by atoms with E-state index in [0.717, 1.165) is 46.1 Å². The number of halogens is 1. The number of rotatable bonds is 9. The van der Waals surface area contributed by atoms with E-state index in [9.17, 15) is 4.39 Å². The molecule has 10 heteroatoms. The van der Waals surface area contributed by atoms with Gasteiger partial charge in [-0.1, -0.05) is 23.5 Å². The molecule has 0 aliphatic rings. The maximum Gasteiger partial charge on any atom is 0.157 e. The quantitative estimate of drug-likeness (QED) is 0.305. The highest BCUT2D eigenvalue weighted by Crippen LogP contribution is 2.25. The predicted octanol–water partition coefficient (Wildman–Crippen LogP) is 3.87. The minimum atomic E-state index is -0.350. The minimum absolute atomic E-state index is 0.229. The molecular weight excluding hydrogens is 439 g/mol. The Kier molecular flexibility index (Phi) is 6.18. The lowest BCUT2D eigenvalue weighted by molar-refractivity contribution is 0.539. The van der Waals surface area contributed by atoms with E-state index in [2.05, 4.69) is 42.5 Å². The second kappa shape index (κ2) is 9.55. The molecule has 0 fully saturated rings. The monoisotopic (exact) mass is 462 g/mol. The van der Waals surface area contributed by atoms with Crippen molar-refractivity contribution >= 4 is 38.5 Å². The highest BCUT2D eigenvalue weighted by Gasteiger charge is 2.13. The molecule has 33 heavy (non-hydrogen) atoms. The first kappa shape index (κ1) is 21.4. The van der Waals surface area contributed by atoms with E-state index in [-0.39, 0.29) is 18.4 Å². The van der Waals surface area contributed by atoms with Gasteiger partial charge in [-0.05, 0) is 31.2 Å². The van der Waals surface area contributed by atoms with Crippen molar-refractivity contribution in [3.8, 4) is 0 Å². The van der Waals surface area contributed by atoms with E-state index in [1.54, 1.807) is 23.6 Å². The number of anilines is 1. The van der Waals surface area contributed by atoms with Gasteiger partial charge in [0.1, 0.15) is 28.3 Å². The van der Waals surface area contributed by atoms with Crippen LogP contribution in [0.2, 0.25) is 0 Å². The molecule has 1 aromatic carbocycles. The standard InChI is InChI=1S/C23H23FN8S/c1-14(11-19-30-16-6-2-3-7-17(16)31-19)25-10-8-20-32-21-22(28-13-29-23(21)33-20)27-12-18-15(24)5-4-9-26-18/h2-7,9,13-14,25H,8,10-12H2,1H3,(H,30,31)(H,27,28,29). The lowest BCUT2D eigenvalue weighted by atomic mass is 10.2. The molecule has 0 spiro atoms. The molecule has 4 heterocycles. The average Bonchev–Trinajstić information content (AvgIpc) is 3.42. The maximum absolute atomic E-state index is 13.8. The molecule has 0 aliphatic heterocycles. The normalized spacial score (nSPS) is 12.4. The third kappa shape index (κ3) is 4.96. The number of thiazole rings is 1. The van der Waals surface area contributed by atoms with E-state index in [1.807, 2.05) is 24.3 Å². The molecule has 3 N–H and O–H groups in total.